The first-order valence-electron chi connectivity index (χ1n) is 6.90. The Bertz CT molecular complexity index is 744. The van der Waals surface area contributed by atoms with Gasteiger partial charge in [0.05, 0.1) is 11.7 Å². The van der Waals surface area contributed by atoms with E-state index in [1.165, 1.54) is 0 Å². The van der Waals surface area contributed by atoms with Gasteiger partial charge in [-0.15, -0.1) is 0 Å². The van der Waals surface area contributed by atoms with Crippen molar-refractivity contribution >= 4 is 17.7 Å². The van der Waals surface area contributed by atoms with Gasteiger partial charge in [0.15, 0.2) is 0 Å². The summed E-state index contributed by atoms with van der Waals surface area (Å²) in [5.41, 5.74) is 1.11. The molecule has 1 amide bonds. The van der Waals surface area contributed by atoms with Gasteiger partial charge in [0, 0.05) is 26.2 Å². The Morgan fingerprint density at radius 3 is 2.64 bits per heavy atom. The van der Waals surface area contributed by atoms with E-state index in [4.69, 9.17) is 5.11 Å². The summed E-state index contributed by atoms with van der Waals surface area (Å²) in [7, 11) is 3.40. The van der Waals surface area contributed by atoms with Crippen molar-refractivity contribution in [3.8, 4) is 0 Å². The lowest BCUT2D eigenvalue weighted by atomic mass is 9.94. The zero-order chi connectivity index (χ0) is 16.2. The fourth-order valence-corrected chi connectivity index (χ4v) is 3.13. The molecule has 2 N–H and O–H groups in total. The molecule has 1 aliphatic carbocycles. The third-order valence-electron chi connectivity index (χ3n) is 4.04. The highest BCUT2D eigenvalue weighted by Gasteiger charge is 2.40. The highest BCUT2D eigenvalue weighted by Crippen LogP contribution is 2.34. The highest BCUT2D eigenvalue weighted by molar-refractivity contribution is 6.25. The van der Waals surface area contributed by atoms with Crippen LogP contribution in [0, 0.1) is 0 Å². The van der Waals surface area contributed by atoms with E-state index in [0.29, 0.717) is 30.1 Å². The molecular weight excluding hydrogens is 288 g/mol. The number of carboxylic acid groups (broad SMARTS) is 1. The molecule has 0 spiro atoms. The molecule has 1 aliphatic heterocycles. The van der Waals surface area contributed by atoms with Gasteiger partial charge in [-0.3, -0.25) is 9.59 Å². The summed E-state index contributed by atoms with van der Waals surface area (Å²) in [6.07, 6.45) is -0.632. The van der Waals surface area contributed by atoms with Gasteiger partial charge < -0.3 is 19.9 Å². The topological polar surface area (TPSA) is 105 Å². The van der Waals surface area contributed by atoms with E-state index in [1.807, 2.05) is 0 Å². The number of Topliss-reactive ketones (excluding diaryl/α,β-unsaturated/α-hetero) is 2. The van der Waals surface area contributed by atoms with Crippen LogP contribution in [0.15, 0.2) is 11.3 Å². The molecule has 2 aliphatic rings. The van der Waals surface area contributed by atoms with Crippen molar-refractivity contribution in [2.45, 2.75) is 25.9 Å². The number of likely N-dealkylation sites (N-methyl/N-ethyl adjacent to an activating group) is 1. The molecule has 3 rings (SSSR count). The lowest BCUT2D eigenvalue weighted by Gasteiger charge is -2.22. The first-order chi connectivity index (χ1) is 10.3. The molecule has 0 saturated heterocycles. The number of amides is 1. The number of imidazole rings is 1. The maximum Gasteiger partial charge on any atom is 0.405 e. The second kappa shape index (κ2) is 4.69. The first-order valence-corrected chi connectivity index (χ1v) is 6.90. The van der Waals surface area contributed by atoms with Crippen molar-refractivity contribution in [3.63, 3.8) is 0 Å². The molecule has 8 nitrogen and oxygen atoms in total. The number of allylic oxidation sites excluding steroid dienone is 2. The molecule has 1 aromatic rings. The average Bonchev–Trinajstić information content (AvgIpc) is 2.96. The minimum absolute atomic E-state index is 0.117. The molecule has 1 aromatic heterocycles. The number of rotatable bonds is 2. The summed E-state index contributed by atoms with van der Waals surface area (Å²) in [5, 5.41) is 11.2. The predicted molar refractivity (Wildman–Crippen MR) is 75.8 cm³/mol. The summed E-state index contributed by atoms with van der Waals surface area (Å²) in [6, 6.07) is -0.494. The van der Waals surface area contributed by atoms with Crippen LogP contribution >= 0.6 is 0 Å². The van der Waals surface area contributed by atoms with E-state index in [2.05, 4.69) is 10.3 Å². The Labute approximate surface area is 126 Å². The van der Waals surface area contributed by atoms with Gasteiger partial charge in [0.25, 0.3) is 0 Å². The van der Waals surface area contributed by atoms with Gasteiger partial charge in [0.1, 0.15) is 17.2 Å². The van der Waals surface area contributed by atoms with Crippen LogP contribution in [0.2, 0.25) is 0 Å². The second-order valence-electron chi connectivity index (χ2n) is 5.64. The number of carbonyl (C=O) groups is 3. The third-order valence-corrected chi connectivity index (χ3v) is 4.04. The molecule has 0 radical (unpaired) electrons. The number of aromatic nitrogens is 2. The summed E-state index contributed by atoms with van der Waals surface area (Å²) in [5.74, 6) is -0.0944. The SMILES string of the molecule is CC1=C(N(C)C)C(=O)c2nc3n(c2C1=O)CCC3NC(=O)O. The number of ketones is 2. The Hall–Kier alpha value is -2.64. The number of nitrogens with one attached hydrogen (secondary N) is 1. The quantitative estimate of drug-likeness (QED) is 0.838. The predicted octanol–water partition coefficient (Wildman–Crippen LogP) is 0.810. The molecular formula is C14H16N4O4. The monoisotopic (exact) mass is 304 g/mol. The Kier molecular flexibility index (Phi) is 3.05. The van der Waals surface area contributed by atoms with Crippen molar-refractivity contribution in [1.29, 1.82) is 0 Å². The summed E-state index contributed by atoms with van der Waals surface area (Å²) >= 11 is 0. The Morgan fingerprint density at radius 1 is 1.36 bits per heavy atom. The minimum atomic E-state index is -1.15. The maximum atomic E-state index is 12.6. The van der Waals surface area contributed by atoms with Crippen LogP contribution in [0.1, 0.15) is 46.2 Å². The summed E-state index contributed by atoms with van der Waals surface area (Å²) in [6.45, 7) is 2.09. The van der Waals surface area contributed by atoms with Crippen LogP contribution in [-0.4, -0.2) is 51.3 Å². The van der Waals surface area contributed by atoms with E-state index in [0.717, 1.165) is 0 Å². The normalized spacial score (nSPS) is 20.0. The van der Waals surface area contributed by atoms with Crippen molar-refractivity contribution in [1.82, 2.24) is 19.8 Å². The molecule has 0 saturated carbocycles. The van der Waals surface area contributed by atoms with Crippen molar-refractivity contribution in [3.05, 3.63) is 28.5 Å². The third kappa shape index (κ3) is 1.83. The molecule has 0 fully saturated rings. The molecule has 116 valence electrons. The number of carbonyl (C=O) groups excluding carboxylic acids is 2. The lowest BCUT2D eigenvalue weighted by Crippen LogP contribution is -2.30. The molecule has 8 heteroatoms. The van der Waals surface area contributed by atoms with E-state index in [1.54, 1.807) is 30.5 Å². The lowest BCUT2D eigenvalue weighted by molar-refractivity contribution is 0.0944. The minimum Gasteiger partial charge on any atom is -0.465 e. The average molecular weight is 304 g/mol. The summed E-state index contributed by atoms with van der Waals surface area (Å²) in [4.78, 5) is 41.9. The zero-order valence-electron chi connectivity index (χ0n) is 12.5. The molecule has 1 unspecified atom stereocenters. The van der Waals surface area contributed by atoms with Gasteiger partial charge in [-0.05, 0) is 13.3 Å². The van der Waals surface area contributed by atoms with Gasteiger partial charge in [-0.1, -0.05) is 0 Å². The van der Waals surface area contributed by atoms with Crippen molar-refractivity contribution in [2.24, 2.45) is 0 Å². The largest absolute Gasteiger partial charge is 0.465 e. The van der Waals surface area contributed by atoms with E-state index >= 15 is 0 Å². The van der Waals surface area contributed by atoms with E-state index in [9.17, 15) is 14.4 Å². The highest BCUT2D eigenvalue weighted by atomic mass is 16.4. The first kappa shape index (κ1) is 14.3. The standard InChI is InChI=1S/C14H16N4O4/c1-6-9(17(2)3)12(20)8-10(11(6)19)18-5-4-7(13(18)16-8)15-14(21)22/h7,15H,4-5H2,1-3H3,(H,21,22). The Morgan fingerprint density at radius 2 is 2.05 bits per heavy atom. The van der Waals surface area contributed by atoms with Crippen LogP contribution in [0.5, 0.6) is 0 Å². The summed E-state index contributed by atoms with van der Waals surface area (Å²) < 4.78 is 1.66. The van der Waals surface area contributed by atoms with Gasteiger partial charge in [-0.2, -0.15) is 0 Å². The second-order valence-corrected chi connectivity index (χ2v) is 5.64. The van der Waals surface area contributed by atoms with E-state index in [-0.39, 0.29) is 23.0 Å². The van der Waals surface area contributed by atoms with Crippen LogP contribution < -0.4 is 5.32 Å². The molecule has 22 heavy (non-hydrogen) atoms. The number of nitrogens with zero attached hydrogens (tertiary/aromatic N) is 3. The molecule has 2 heterocycles. The fraction of sp³-hybridized carbons (Fsp3) is 0.429. The van der Waals surface area contributed by atoms with Gasteiger partial charge in [0.2, 0.25) is 11.6 Å². The van der Waals surface area contributed by atoms with E-state index < -0.39 is 12.1 Å². The van der Waals surface area contributed by atoms with Crippen LogP contribution in [0.4, 0.5) is 4.79 Å². The number of hydrogen-bond donors (Lipinski definition) is 2. The number of hydrogen-bond acceptors (Lipinski definition) is 5. The Balaban J connectivity index is 2.11. The molecule has 1 atom stereocenters. The zero-order valence-corrected chi connectivity index (χ0v) is 12.5. The molecule has 0 aromatic carbocycles. The smallest absolute Gasteiger partial charge is 0.405 e. The fourth-order valence-electron chi connectivity index (χ4n) is 3.13. The van der Waals surface area contributed by atoms with Gasteiger partial charge >= 0.3 is 6.09 Å². The number of fused-ring (bicyclic) bond motifs is 3. The van der Waals surface area contributed by atoms with Gasteiger partial charge in [-0.25, -0.2) is 9.78 Å². The maximum absolute atomic E-state index is 12.6. The molecule has 0 bridgehead atoms. The van der Waals surface area contributed by atoms with Crippen molar-refractivity contribution < 1.29 is 19.5 Å². The van der Waals surface area contributed by atoms with Crippen LogP contribution in [-0.2, 0) is 6.54 Å². The van der Waals surface area contributed by atoms with Crippen LogP contribution in [0.25, 0.3) is 0 Å². The van der Waals surface area contributed by atoms with Crippen LogP contribution in [0.3, 0.4) is 0 Å². The van der Waals surface area contributed by atoms with Crippen molar-refractivity contribution in [2.75, 3.05) is 14.1 Å².